The molecule has 1 atom stereocenters. The van der Waals surface area contributed by atoms with Crippen LogP contribution in [-0.2, 0) is 12.7 Å². The van der Waals surface area contributed by atoms with Crippen LogP contribution in [0.15, 0.2) is 53.6 Å². The maximum atomic E-state index is 13.8. The Kier molecular flexibility index (Phi) is 7.27. The first-order chi connectivity index (χ1) is 15.0. The molecule has 32 heavy (non-hydrogen) atoms. The summed E-state index contributed by atoms with van der Waals surface area (Å²) in [4.78, 5) is 14.0. The van der Waals surface area contributed by atoms with Crippen molar-refractivity contribution in [2.24, 2.45) is 0 Å². The van der Waals surface area contributed by atoms with Gasteiger partial charge in [0, 0.05) is 33.9 Å². The lowest BCUT2D eigenvalue weighted by Crippen LogP contribution is -2.14. The first kappa shape index (κ1) is 24.2. The van der Waals surface area contributed by atoms with E-state index in [1.807, 2.05) is 18.4 Å². The topological polar surface area (TPSA) is 54.3 Å². The van der Waals surface area contributed by atoms with Crippen molar-refractivity contribution in [2.45, 2.75) is 37.6 Å². The zero-order valence-electron chi connectivity index (χ0n) is 17.6. The highest BCUT2D eigenvalue weighted by atomic mass is 35.5. The van der Waals surface area contributed by atoms with E-state index in [9.17, 15) is 23.1 Å². The van der Waals surface area contributed by atoms with Crippen LogP contribution in [0.1, 0.15) is 28.4 Å². The lowest BCUT2D eigenvalue weighted by Gasteiger charge is -2.17. The molecular weight excluding hydrogens is 461 g/mol. The van der Waals surface area contributed by atoms with Gasteiger partial charge in [-0.15, -0.1) is 11.8 Å². The third-order valence-corrected chi connectivity index (χ3v) is 5.91. The predicted molar refractivity (Wildman–Crippen MR) is 122 cm³/mol. The number of hydrogen-bond acceptors (Lipinski definition) is 3. The highest BCUT2D eigenvalue weighted by Gasteiger charge is 2.35. The van der Waals surface area contributed by atoms with Crippen LogP contribution in [0.5, 0.6) is 0 Å². The molecule has 0 saturated carbocycles. The van der Waals surface area contributed by atoms with Gasteiger partial charge in [-0.1, -0.05) is 17.7 Å². The summed E-state index contributed by atoms with van der Waals surface area (Å²) in [5.41, 5.74) is 0.354. The van der Waals surface area contributed by atoms with Gasteiger partial charge in [0.25, 0.3) is 5.91 Å². The summed E-state index contributed by atoms with van der Waals surface area (Å²) in [5, 5.41) is 12.6. The molecule has 1 amide bonds. The molecule has 0 bridgehead atoms. The van der Waals surface area contributed by atoms with Crippen LogP contribution in [0.3, 0.4) is 0 Å². The Labute approximate surface area is 193 Å². The van der Waals surface area contributed by atoms with Crippen molar-refractivity contribution in [1.29, 1.82) is 0 Å². The number of aliphatic hydroxyl groups excluding tert-OH is 1. The lowest BCUT2D eigenvalue weighted by molar-refractivity contribution is -0.137. The first-order valence-corrected chi connectivity index (χ1v) is 11.3. The van der Waals surface area contributed by atoms with Gasteiger partial charge in [-0.05, 0) is 62.1 Å². The molecule has 170 valence electrons. The molecule has 0 aliphatic heterocycles. The number of aliphatic hydroxyl groups is 1. The minimum Gasteiger partial charge on any atom is -0.392 e. The van der Waals surface area contributed by atoms with Crippen LogP contribution >= 0.6 is 23.4 Å². The van der Waals surface area contributed by atoms with Crippen molar-refractivity contribution in [1.82, 2.24) is 4.57 Å². The summed E-state index contributed by atoms with van der Waals surface area (Å²) in [7, 11) is 0. The molecule has 3 rings (SSSR count). The summed E-state index contributed by atoms with van der Waals surface area (Å²) in [6.07, 6.45) is -2.07. The SMILES string of the molecule is CSc1ccc(NC(=O)c2cn(CC(C)O)c(-c3ccc(Cl)cc3C(F)(F)F)c2C)cc1. The Bertz CT molecular complexity index is 1130. The monoisotopic (exact) mass is 482 g/mol. The fourth-order valence-electron chi connectivity index (χ4n) is 3.50. The quantitative estimate of drug-likeness (QED) is 0.395. The Morgan fingerprint density at radius 3 is 2.44 bits per heavy atom. The van der Waals surface area contributed by atoms with E-state index >= 15 is 0 Å². The Morgan fingerprint density at radius 2 is 1.88 bits per heavy atom. The molecule has 9 heteroatoms. The molecule has 3 aromatic rings. The zero-order valence-corrected chi connectivity index (χ0v) is 19.2. The fraction of sp³-hybridized carbons (Fsp3) is 0.261. The number of carbonyl (C=O) groups excluding carboxylic acids is 1. The number of hydrogen-bond donors (Lipinski definition) is 2. The largest absolute Gasteiger partial charge is 0.417 e. The summed E-state index contributed by atoms with van der Waals surface area (Å²) in [5.74, 6) is -0.451. The molecule has 0 radical (unpaired) electrons. The maximum Gasteiger partial charge on any atom is 0.417 e. The van der Waals surface area contributed by atoms with Gasteiger partial charge in [-0.25, -0.2) is 0 Å². The van der Waals surface area contributed by atoms with Crippen molar-refractivity contribution >= 4 is 35.0 Å². The molecule has 1 aromatic heterocycles. The van der Waals surface area contributed by atoms with Gasteiger partial charge in [0.2, 0.25) is 0 Å². The molecule has 0 aliphatic rings. The van der Waals surface area contributed by atoms with Crippen molar-refractivity contribution in [3.63, 3.8) is 0 Å². The number of nitrogens with zero attached hydrogens (tertiary/aromatic N) is 1. The Morgan fingerprint density at radius 1 is 1.22 bits per heavy atom. The molecule has 0 saturated heterocycles. The molecule has 2 aromatic carbocycles. The molecule has 0 aliphatic carbocycles. The molecule has 0 spiro atoms. The maximum absolute atomic E-state index is 13.8. The van der Waals surface area contributed by atoms with Crippen molar-refractivity contribution in [3.05, 3.63) is 70.4 Å². The van der Waals surface area contributed by atoms with E-state index in [0.717, 1.165) is 11.0 Å². The average molecular weight is 483 g/mol. The molecule has 1 heterocycles. The lowest BCUT2D eigenvalue weighted by atomic mass is 9.99. The van der Waals surface area contributed by atoms with E-state index in [1.165, 1.54) is 29.8 Å². The summed E-state index contributed by atoms with van der Waals surface area (Å²) < 4.78 is 42.7. The van der Waals surface area contributed by atoms with E-state index < -0.39 is 23.8 Å². The number of halogens is 4. The molecule has 0 fully saturated rings. The van der Waals surface area contributed by atoms with Gasteiger partial charge in [-0.3, -0.25) is 4.79 Å². The minimum atomic E-state index is -4.64. The normalized spacial score (nSPS) is 12.6. The van der Waals surface area contributed by atoms with E-state index in [0.29, 0.717) is 11.3 Å². The van der Waals surface area contributed by atoms with Gasteiger partial charge < -0.3 is 15.0 Å². The number of alkyl halides is 3. The number of carbonyl (C=O) groups is 1. The van der Waals surface area contributed by atoms with Gasteiger partial charge in [0.15, 0.2) is 0 Å². The van der Waals surface area contributed by atoms with Crippen LogP contribution < -0.4 is 5.32 Å². The summed E-state index contributed by atoms with van der Waals surface area (Å²) >= 11 is 7.40. The third-order valence-electron chi connectivity index (χ3n) is 4.93. The minimum absolute atomic E-state index is 0.0196. The van der Waals surface area contributed by atoms with Crippen molar-refractivity contribution in [3.8, 4) is 11.3 Å². The number of aromatic nitrogens is 1. The number of nitrogens with one attached hydrogen (secondary N) is 1. The number of anilines is 1. The highest BCUT2D eigenvalue weighted by Crippen LogP contribution is 2.41. The smallest absolute Gasteiger partial charge is 0.392 e. The van der Waals surface area contributed by atoms with Crippen LogP contribution in [-0.4, -0.2) is 27.9 Å². The van der Waals surface area contributed by atoms with Crippen molar-refractivity contribution in [2.75, 3.05) is 11.6 Å². The standard InChI is InChI=1S/C23H22ClF3N2O2S/c1-13(30)11-29-12-19(22(31)28-16-5-7-17(32-3)8-6-16)14(2)21(29)18-9-4-15(24)10-20(18)23(25,26)27/h4-10,12-13,30H,11H2,1-3H3,(H,28,31). The second kappa shape index (κ2) is 9.60. The van der Waals surface area contributed by atoms with E-state index in [1.54, 1.807) is 30.8 Å². The number of amides is 1. The molecular formula is C23H22ClF3N2O2S. The van der Waals surface area contributed by atoms with E-state index in [2.05, 4.69) is 5.32 Å². The molecule has 1 unspecified atom stereocenters. The zero-order chi connectivity index (χ0) is 23.6. The fourth-order valence-corrected chi connectivity index (χ4v) is 4.09. The van der Waals surface area contributed by atoms with Crippen LogP contribution in [0.25, 0.3) is 11.3 Å². The van der Waals surface area contributed by atoms with Gasteiger partial charge >= 0.3 is 6.18 Å². The second-order valence-corrected chi connectivity index (χ2v) is 8.70. The number of rotatable bonds is 6. The van der Waals surface area contributed by atoms with Crippen molar-refractivity contribution < 1.29 is 23.1 Å². The van der Waals surface area contributed by atoms with Crippen LogP contribution in [0.4, 0.5) is 18.9 Å². The average Bonchev–Trinajstić information content (AvgIpc) is 3.03. The number of benzene rings is 2. The Balaban J connectivity index is 2.09. The van der Waals surface area contributed by atoms with Gasteiger partial charge in [0.1, 0.15) is 0 Å². The highest BCUT2D eigenvalue weighted by molar-refractivity contribution is 7.98. The van der Waals surface area contributed by atoms with Crippen LogP contribution in [0.2, 0.25) is 5.02 Å². The first-order valence-electron chi connectivity index (χ1n) is 9.71. The predicted octanol–water partition coefficient (Wildman–Crippen LogP) is 6.49. The second-order valence-electron chi connectivity index (χ2n) is 7.39. The third kappa shape index (κ3) is 5.31. The summed E-state index contributed by atoms with van der Waals surface area (Å²) in [6.45, 7) is 3.14. The van der Waals surface area contributed by atoms with E-state index in [-0.39, 0.29) is 28.4 Å². The van der Waals surface area contributed by atoms with E-state index in [4.69, 9.17) is 11.6 Å². The van der Waals surface area contributed by atoms with Crippen LogP contribution in [0, 0.1) is 6.92 Å². The van der Waals surface area contributed by atoms with Gasteiger partial charge in [-0.2, -0.15) is 13.2 Å². The molecule has 4 nitrogen and oxygen atoms in total. The molecule has 2 N–H and O–H groups in total. The summed E-state index contributed by atoms with van der Waals surface area (Å²) in [6, 6.07) is 10.8. The number of thioether (sulfide) groups is 1. The Hall–Kier alpha value is -2.42. The van der Waals surface area contributed by atoms with Gasteiger partial charge in [0.05, 0.1) is 22.9 Å².